The second kappa shape index (κ2) is 22.0. The second-order valence-electron chi connectivity index (χ2n) is 7.58. The van der Waals surface area contributed by atoms with E-state index in [2.05, 4.69) is 30.0 Å². The highest BCUT2D eigenvalue weighted by atomic mass is 28.1. The average Bonchev–Trinajstić information content (AvgIpc) is 2.72. The molecule has 0 aliphatic heterocycles. The van der Waals surface area contributed by atoms with E-state index in [0.717, 1.165) is 57.8 Å². The molecule has 0 rings (SSSR count). The average molecular weight is 422 g/mol. The summed E-state index contributed by atoms with van der Waals surface area (Å²) >= 11 is 0. The topological polar surface area (TPSA) is 27.7 Å². The fourth-order valence-corrected chi connectivity index (χ4v) is 3.28. The van der Waals surface area contributed by atoms with Crippen LogP contribution in [0.5, 0.6) is 0 Å². The van der Waals surface area contributed by atoms with Crippen molar-refractivity contribution in [2.45, 2.75) is 102 Å². The van der Waals surface area contributed by atoms with E-state index >= 15 is 0 Å². The molecule has 3 nitrogen and oxygen atoms in total. The standard InChI is InChI=1S/C25H45O3Si/c1-4-7-10-13-16-19-22-26-25(29,27-23-20-17-14-11-8-5-2)28-24-21-18-15-12-9-6-3/h4-6H,1-3,7-24H2. The van der Waals surface area contributed by atoms with Gasteiger partial charge < -0.3 is 14.2 Å². The minimum Gasteiger partial charge on any atom is -0.332 e. The Labute approximate surface area is 184 Å². The minimum atomic E-state index is -1.11. The van der Waals surface area contributed by atoms with Crippen molar-refractivity contribution in [1.82, 2.24) is 0 Å². The van der Waals surface area contributed by atoms with Gasteiger partial charge in [-0.3, -0.25) is 0 Å². The van der Waals surface area contributed by atoms with E-state index in [4.69, 9.17) is 14.2 Å². The maximum absolute atomic E-state index is 5.95. The molecule has 0 aliphatic rings. The monoisotopic (exact) mass is 421 g/mol. The van der Waals surface area contributed by atoms with E-state index < -0.39 is 5.60 Å². The highest BCUT2D eigenvalue weighted by Crippen LogP contribution is 2.16. The van der Waals surface area contributed by atoms with Gasteiger partial charge in [-0.2, -0.15) is 0 Å². The summed E-state index contributed by atoms with van der Waals surface area (Å²) in [6.07, 6.45) is 23.0. The van der Waals surface area contributed by atoms with Crippen molar-refractivity contribution >= 4 is 10.2 Å². The van der Waals surface area contributed by atoms with Crippen molar-refractivity contribution < 1.29 is 14.2 Å². The summed E-state index contributed by atoms with van der Waals surface area (Å²) in [7, 11) is 3.62. The summed E-state index contributed by atoms with van der Waals surface area (Å²) in [6.45, 7) is 13.2. The summed E-state index contributed by atoms with van der Waals surface area (Å²) in [5, 5.41) is 0. The Balaban J connectivity index is 4.07. The van der Waals surface area contributed by atoms with Crippen molar-refractivity contribution in [3.05, 3.63) is 38.0 Å². The maximum Gasteiger partial charge on any atom is 0.248 e. The zero-order chi connectivity index (χ0) is 21.5. The van der Waals surface area contributed by atoms with E-state index in [-0.39, 0.29) is 0 Å². The molecule has 167 valence electrons. The van der Waals surface area contributed by atoms with Crippen LogP contribution in [-0.4, -0.2) is 35.7 Å². The molecular weight excluding hydrogens is 376 g/mol. The van der Waals surface area contributed by atoms with E-state index in [9.17, 15) is 0 Å². The molecular formula is C25H45O3Si. The first kappa shape index (κ1) is 28.3. The normalized spacial score (nSPS) is 11.5. The predicted octanol–water partition coefficient (Wildman–Crippen LogP) is 7.23. The number of unbranched alkanes of at least 4 members (excludes halogenated alkanes) is 12. The van der Waals surface area contributed by atoms with Gasteiger partial charge in [-0.25, -0.2) is 0 Å². The Kier molecular flexibility index (Phi) is 21.5. The van der Waals surface area contributed by atoms with Gasteiger partial charge in [0.2, 0.25) is 5.60 Å². The molecule has 29 heavy (non-hydrogen) atoms. The van der Waals surface area contributed by atoms with E-state index in [1.165, 1.54) is 38.5 Å². The SMILES string of the molecule is C=CCCCCCCOC([Si])(OCCCCCCC=C)OCCCCCCC=C. The van der Waals surface area contributed by atoms with Gasteiger partial charge in [0, 0.05) is 0 Å². The van der Waals surface area contributed by atoms with Crippen LogP contribution in [0.25, 0.3) is 0 Å². The lowest BCUT2D eigenvalue weighted by Gasteiger charge is -2.30. The maximum atomic E-state index is 5.95. The third kappa shape index (κ3) is 20.4. The molecule has 3 radical (unpaired) electrons. The van der Waals surface area contributed by atoms with Gasteiger partial charge in [0.05, 0.1) is 19.8 Å². The minimum absolute atomic E-state index is 0.635. The third-order valence-corrected chi connectivity index (χ3v) is 5.22. The molecule has 0 amide bonds. The van der Waals surface area contributed by atoms with E-state index in [1.807, 2.05) is 18.2 Å². The van der Waals surface area contributed by atoms with E-state index in [1.54, 1.807) is 0 Å². The molecule has 0 aromatic rings. The van der Waals surface area contributed by atoms with Crippen LogP contribution >= 0.6 is 0 Å². The molecule has 0 bridgehead atoms. The van der Waals surface area contributed by atoms with Crippen molar-refractivity contribution in [3.8, 4) is 0 Å². The van der Waals surface area contributed by atoms with Gasteiger partial charge in [-0.15, -0.1) is 19.7 Å². The van der Waals surface area contributed by atoms with Crippen molar-refractivity contribution in [2.24, 2.45) is 0 Å². The molecule has 0 spiro atoms. The summed E-state index contributed by atoms with van der Waals surface area (Å²) in [5.41, 5.74) is -1.11. The lowest BCUT2D eigenvalue weighted by atomic mass is 10.1. The van der Waals surface area contributed by atoms with Crippen molar-refractivity contribution in [2.75, 3.05) is 19.8 Å². The Morgan fingerprint density at radius 1 is 0.483 bits per heavy atom. The molecule has 0 saturated carbocycles. The molecule has 0 aromatic heterocycles. The molecule has 0 aromatic carbocycles. The van der Waals surface area contributed by atoms with Gasteiger partial charge in [-0.05, 0) is 57.8 Å². The fraction of sp³-hybridized carbons (Fsp3) is 0.760. The lowest BCUT2D eigenvalue weighted by Crippen LogP contribution is -2.41. The number of allylic oxidation sites excluding steroid dienone is 3. The van der Waals surface area contributed by atoms with Crippen LogP contribution in [0.3, 0.4) is 0 Å². The highest BCUT2D eigenvalue weighted by Gasteiger charge is 2.26. The second-order valence-corrected chi connectivity index (χ2v) is 8.19. The number of hydrogen-bond acceptors (Lipinski definition) is 3. The first-order valence-corrected chi connectivity index (χ1v) is 12.2. The zero-order valence-corrected chi connectivity index (χ0v) is 19.8. The van der Waals surface area contributed by atoms with Crippen LogP contribution in [0.15, 0.2) is 38.0 Å². The molecule has 0 aliphatic carbocycles. The van der Waals surface area contributed by atoms with Gasteiger partial charge in [0.25, 0.3) is 0 Å². The molecule has 0 heterocycles. The lowest BCUT2D eigenvalue weighted by molar-refractivity contribution is -0.326. The van der Waals surface area contributed by atoms with Crippen LogP contribution in [0.1, 0.15) is 96.3 Å². The molecule has 4 heteroatoms. The van der Waals surface area contributed by atoms with Crippen molar-refractivity contribution in [3.63, 3.8) is 0 Å². The molecule has 0 N–H and O–H groups in total. The molecule has 0 saturated heterocycles. The molecule has 0 atom stereocenters. The largest absolute Gasteiger partial charge is 0.332 e. The number of rotatable bonds is 24. The quantitative estimate of drug-likeness (QED) is 0.0712. The van der Waals surface area contributed by atoms with Gasteiger partial charge in [0.1, 0.15) is 0 Å². The van der Waals surface area contributed by atoms with Gasteiger partial charge in [0.15, 0.2) is 10.2 Å². The van der Waals surface area contributed by atoms with Crippen LogP contribution < -0.4 is 0 Å². The first-order chi connectivity index (χ1) is 14.2. The van der Waals surface area contributed by atoms with Gasteiger partial charge >= 0.3 is 0 Å². The van der Waals surface area contributed by atoms with Crippen LogP contribution in [-0.2, 0) is 14.2 Å². The van der Waals surface area contributed by atoms with Crippen molar-refractivity contribution in [1.29, 1.82) is 0 Å². The fourth-order valence-electron chi connectivity index (χ4n) is 2.98. The summed E-state index contributed by atoms with van der Waals surface area (Å²) < 4.78 is 17.8. The Morgan fingerprint density at radius 3 is 1.03 bits per heavy atom. The molecule has 0 unspecified atom stereocenters. The summed E-state index contributed by atoms with van der Waals surface area (Å²) in [6, 6.07) is 0. The Morgan fingerprint density at radius 2 is 0.759 bits per heavy atom. The third-order valence-electron chi connectivity index (χ3n) is 4.78. The number of hydrogen-bond donors (Lipinski definition) is 0. The summed E-state index contributed by atoms with van der Waals surface area (Å²) in [4.78, 5) is 0. The smallest absolute Gasteiger partial charge is 0.248 e. The van der Waals surface area contributed by atoms with E-state index in [0.29, 0.717) is 19.8 Å². The first-order valence-electron chi connectivity index (χ1n) is 11.7. The van der Waals surface area contributed by atoms with Gasteiger partial charge in [-0.1, -0.05) is 56.8 Å². The van der Waals surface area contributed by atoms with Crippen LogP contribution in [0, 0.1) is 0 Å². The Bertz CT molecular complexity index is 329. The van der Waals surface area contributed by atoms with Crippen LogP contribution in [0.4, 0.5) is 0 Å². The zero-order valence-electron chi connectivity index (χ0n) is 18.8. The summed E-state index contributed by atoms with van der Waals surface area (Å²) in [5.74, 6) is 0. The van der Waals surface area contributed by atoms with Crippen LogP contribution in [0.2, 0.25) is 0 Å². The predicted molar refractivity (Wildman–Crippen MR) is 126 cm³/mol. The Hall–Kier alpha value is -0.683. The highest BCUT2D eigenvalue weighted by molar-refractivity contribution is 6.12. The number of ether oxygens (including phenoxy) is 3. The molecule has 0 fully saturated rings.